The lowest BCUT2D eigenvalue weighted by Crippen LogP contribution is -2.16. The maximum absolute atomic E-state index is 6.11. The number of rotatable bonds is 3. The van der Waals surface area contributed by atoms with E-state index in [1.54, 1.807) is 17.5 Å². The van der Waals surface area contributed by atoms with Crippen molar-refractivity contribution in [3.8, 4) is 0 Å². The van der Waals surface area contributed by atoms with E-state index in [-0.39, 0.29) is 6.04 Å². The van der Waals surface area contributed by atoms with Crippen LogP contribution in [0.1, 0.15) is 16.6 Å². The molecule has 2 aromatic heterocycles. The van der Waals surface area contributed by atoms with Gasteiger partial charge in [-0.1, -0.05) is 0 Å². The molecule has 5 heteroatoms. The summed E-state index contributed by atoms with van der Waals surface area (Å²) in [5.74, 6) is 0. The van der Waals surface area contributed by atoms with Crippen LogP contribution in [0.3, 0.4) is 0 Å². The molecule has 2 rings (SSSR count). The summed E-state index contributed by atoms with van der Waals surface area (Å²) in [6.07, 6.45) is 2.63. The Morgan fingerprint density at radius 1 is 1.53 bits per heavy atom. The zero-order chi connectivity index (χ0) is 10.8. The van der Waals surface area contributed by atoms with Crippen molar-refractivity contribution in [3.05, 3.63) is 38.8 Å². The van der Waals surface area contributed by atoms with Crippen LogP contribution in [-0.4, -0.2) is 9.78 Å². The second-order valence-corrected chi connectivity index (χ2v) is 5.94. The summed E-state index contributed by atoms with van der Waals surface area (Å²) >= 11 is 5.17. The zero-order valence-corrected chi connectivity index (χ0v) is 10.8. The van der Waals surface area contributed by atoms with E-state index in [9.17, 15) is 0 Å². The minimum Gasteiger partial charge on any atom is -0.322 e. The summed E-state index contributed by atoms with van der Waals surface area (Å²) in [4.78, 5) is 1.29. The van der Waals surface area contributed by atoms with Crippen molar-refractivity contribution in [2.75, 3.05) is 0 Å². The summed E-state index contributed by atoms with van der Waals surface area (Å²) in [6.45, 7) is 0. The number of hydrogen-bond donors (Lipinski definition) is 1. The van der Waals surface area contributed by atoms with Gasteiger partial charge in [-0.3, -0.25) is 4.68 Å². The summed E-state index contributed by atoms with van der Waals surface area (Å²) in [7, 11) is 1.92. The number of nitrogens with two attached hydrogens (primary N) is 1. The molecule has 0 saturated carbocycles. The van der Waals surface area contributed by atoms with Gasteiger partial charge in [0.15, 0.2) is 0 Å². The van der Waals surface area contributed by atoms with Crippen molar-refractivity contribution in [2.24, 2.45) is 12.8 Å². The highest BCUT2D eigenvalue weighted by Gasteiger charge is 2.11. The molecule has 0 bridgehead atoms. The maximum atomic E-state index is 6.11. The fourth-order valence-corrected chi connectivity index (χ4v) is 3.07. The van der Waals surface area contributed by atoms with Crippen molar-refractivity contribution >= 4 is 27.3 Å². The Hall–Kier alpha value is -0.650. The molecule has 0 fully saturated rings. The van der Waals surface area contributed by atoms with Crippen LogP contribution in [0.2, 0.25) is 0 Å². The highest BCUT2D eigenvalue weighted by Crippen LogP contribution is 2.25. The fraction of sp³-hybridized carbons (Fsp3) is 0.300. The quantitative estimate of drug-likeness (QED) is 0.942. The lowest BCUT2D eigenvalue weighted by molar-refractivity contribution is 0.620. The molecule has 15 heavy (non-hydrogen) atoms. The maximum Gasteiger partial charge on any atom is 0.0701 e. The summed E-state index contributed by atoms with van der Waals surface area (Å²) < 4.78 is 2.97. The first kappa shape index (κ1) is 10.9. The lowest BCUT2D eigenvalue weighted by atomic mass is 10.1. The van der Waals surface area contributed by atoms with Gasteiger partial charge >= 0.3 is 0 Å². The normalized spacial score (nSPS) is 13.0. The van der Waals surface area contributed by atoms with E-state index in [0.717, 1.165) is 15.9 Å². The molecule has 0 saturated heterocycles. The third-order valence-corrected chi connectivity index (χ3v) is 3.93. The smallest absolute Gasteiger partial charge is 0.0701 e. The first-order chi connectivity index (χ1) is 7.16. The molecule has 1 atom stereocenters. The molecule has 0 spiro atoms. The fourth-order valence-electron chi connectivity index (χ4n) is 1.53. The van der Waals surface area contributed by atoms with Gasteiger partial charge in [-0.05, 0) is 34.1 Å². The van der Waals surface area contributed by atoms with Crippen molar-refractivity contribution in [3.63, 3.8) is 0 Å². The second kappa shape index (κ2) is 4.47. The topological polar surface area (TPSA) is 43.8 Å². The van der Waals surface area contributed by atoms with Gasteiger partial charge in [-0.2, -0.15) is 5.10 Å². The molecule has 2 aromatic rings. The largest absolute Gasteiger partial charge is 0.322 e. The Kier molecular flexibility index (Phi) is 3.23. The van der Waals surface area contributed by atoms with Crippen LogP contribution in [0, 0.1) is 0 Å². The predicted octanol–water partition coefficient (Wildman–Crippen LogP) is 2.49. The summed E-state index contributed by atoms with van der Waals surface area (Å²) in [5.41, 5.74) is 7.18. The molecule has 1 unspecified atom stereocenters. The number of aryl methyl sites for hydroxylation is 1. The van der Waals surface area contributed by atoms with E-state index in [0.29, 0.717) is 0 Å². The van der Waals surface area contributed by atoms with E-state index in [4.69, 9.17) is 5.73 Å². The predicted molar refractivity (Wildman–Crippen MR) is 65.9 cm³/mol. The summed E-state index contributed by atoms with van der Waals surface area (Å²) in [5, 5.41) is 4.12. The van der Waals surface area contributed by atoms with E-state index in [1.807, 2.05) is 17.8 Å². The van der Waals surface area contributed by atoms with Crippen molar-refractivity contribution in [1.29, 1.82) is 0 Å². The number of thiophene rings is 1. The van der Waals surface area contributed by atoms with E-state index >= 15 is 0 Å². The Labute approximate surface area is 101 Å². The third kappa shape index (κ3) is 2.48. The van der Waals surface area contributed by atoms with Crippen LogP contribution in [0.4, 0.5) is 0 Å². The Bertz CT molecular complexity index is 449. The molecule has 0 amide bonds. The van der Waals surface area contributed by atoms with Crippen molar-refractivity contribution in [1.82, 2.24) is 9.78 Å². The van der Waals surface area contributed by atoms with Crippen LogP contribution in [0.5, 0.6) is 0 Å². The van der Waals surface area contributed by atoms with Gasteiger partial charge < -0.3 is 5.73 Å². The Morgan fingerprint density at radius 2 is 2.33 bits per heavy atom. The minimum atomic E-state index is 0.0167. The van der Waals surface area contributed by atoms with Gasteiger partial charge in [0.25, 0.3) is 0 Å². The van der Waals surface area contributed by atoms with Crippen molar-refractivity contribution in [2.45, 2.75) is 12.5 Å². The van der Waals surface area contributed by atoms with Gasteiger partial charge in [0.05, 0.1) is 15.5 Å². The van der Waals surface area contributed by atoms with Crippen LogP contribution >= 0.6 is 27.3 Å². The van der Waals surface area contributed by atoms with E-state index in [2.05, 4.69) is 33.2 Å². The van der Waals surface area contributed by atoms with E-state index in [1.165, 1.54) is 4.88 Å². The molecular weight excluding hydrogens is 274 g/mol. The average Bonchev–Trinajstić information content (AvgIpc) is 2.75. The average molecular weight is 286 g/mol. The van der Waals surface area contributed by atoms with Crippen LogP contribution < -0.4 is 5.73 Å². The molecule has 0 aliphatic carbocycles. The van der Waals surface area contributed by atoms with E-state index < -0.39 is 0 Å². The van der Waals surface area contributed by atoms with Gasteiger partial charge in [0, 0.05) is 24.5 Å². The van der Waals surface area contributed by atoms with Gasteiger partial charge in [0.2, 0.25) is 0 Å². The highest BCUT2D eigenvalue weighted by atomic mass is 79.9. The Morgan fingerprint density at radius 3 is 2.87 bits per heavy atom. The number of halogens is 1. The first-order valence-electron chi connectivity index (χ1n) is 4.64. The van der Waals surface area contributed by atoms with Crippen LogP contribution in [-0.2, 0) is 13.5 Å². The zero-order valence-electron chi connectivity index (χ0n) is 8.35. The van der Waals surface area contributed by atoms with Gasteiger partial charge in [-0.25, -0.2) is 0 Å². The molecule has 0 aliphatic rings. The molecule has 2 N–H and O–H groups in total. The molecular formula is C10H12BrN3S. The molecule has 3 nitrogen and oxygen atoms in total. The number of aromatic nitrogens is 2. The van der Waals surface area contributed by atoms with Gasteiger partial charge in [0.1, 0.15) is 0 Å². The molecule has 0 aliphatic heterocycles. The minimum absolute atomic E-state index is 0.0167. The summed E-state index contributed by atoms with van der Waals surface area (Å²) in [6, 6.07) is 6.14. The highest BCUT2D eigenvalue weighted by molar-refractivity contribution is 9.11. The second-order valence-electron chi connectivity index (χ2n) is 3.40. The molecule has 80 valence electrons. The monoisotopic (exact) mass is 285 g/mol. The molecule has 0 aromatic carbocycles. The molecule has 0 radical (unpaired) electrons. The lowest BCUT2D eigenvalue weighted by Gasteiger charge is -2.10. The standard InChI is InChI=1S/C10H12BrN3S/c1-14-9(4-5-13-14)8(12)6-7-2-3-10(11)15-7/h2-5,8H,6,12H2,1H3. The Balaban J connectivity index is 2.10. The number of nitrogens with zero attached hydrogens (tertiary/aromatic N) is 2. The van der Waals surface area contributed by atoms with Crippen LogP contribution in [0.15, 0.2) is 28.2 Å². The van der Waals surface area contributed by atoms with Gasteiger partial charge in [-0.15, -0.1) is 11.3 Å². The first-order valence-corrected chi connectivity index (χ1v) is 6.25. The van der Waals surface area contributed by atoms with Crippen molar-refractivity contribution < 1.29 is 0 Å². The molecule has 2 heterocycles. The van der Waals surface area contributed by atoms with Crippen LogP contribution in [0.25, 0.3) is 0 Å². The number of hydrogen-bond acceptors (Lipinski definition) is 3. The third-order valence-electron chi connectivity index (χ3n) is 2.29. The SMILES string of the molecule is Cn1nccc1C(N)Cc1ccc(Br)s1.